The Kier molecular flexibility index (Phi) is 36.3. The number of nitrogens with one attached hydrogen (secondary N) is 2. The number of allylic oxidation sites excluding steroid dienone is 8. The summed E-state index contributed by atoms with van der Waals surface area (Å²) in [5.74, 6) is 2.32. The minimum Gasteiger partial charge on any atom is -0.496 e. The van der Waals surface area contributed by atoms with E-state index in [2.05, 4.69) is 114 Å². The van der Waals surface area contributed by atoms with Crippen LogP contribution in [0.3, 0.4) is 0 Å². The highest BCUT2D eigenvalue weighted by atomic mass is 16.6. The van der Waals surface area contributed by atoms with Crippen LogP contribution in [0, 0.1) is 0 Å². The van der Waals surface area contributed by atoms with E-state index in [0.717, 1.165) is 106 Å². The topological polar surface area (TPSA) is 142 Å². The Morgan fingerprint density at radius 2 is 1.16 bits per heavy atom. The fourth-order valence-corrected chi connectivity index (χ4v) is 9.28. The summed E-state index contributed by atoms with van der Waals surface area (Å²) in [6.45, 7) is 10.1. The van der Waals surface area contributed by atoms with Gasteiger partial charge in [-0.25, -0.2) is 9.78 Å². The summed E-state index contributed by atoms with van der Waals surface area (Å²) in [7, 11) is 5.49. The van der Waals surface area contributed by atoms with Crippen molar-refractivity contribution in [2.45, 2.75) is 233 Å². The second-order valence-electron chi connectivity index (χ2n) is 20.4. The molecule has 0 saturated carbocycles. The molecule has 3 rings (SSSR count). The molecule has 0 aliphatic carbocycles. The van der Waals surface area contributed by atoms with Crippen LogP contribution >= 0.6 is 0 Å². The van der Waals surface area contributed by atoms with Gasteiger partial charge in [0.2, 0.25) is 5.95 Å². The molecule has 0 bridgehead atoms. The highest BCUT2D eigenvalue weighted by Gasteiger charge is 2.18. The SMILES string of the molecule is CCCCC/C=C\C/C=C\CCCCCCCCC(CCCCCCCC/C=C\C/C=C\CCCCC)OC(=O)NCCCCN(C)Cc1cc(OC)c(Cn2cc3nc(N)nc(NCCCC)c3n2)c(OC)c1. The van der Waals surface area contributed by atoms with Crippen LogP contribution in [-0.2, 0) is 17.8 Å². The Morgan fingerprint density at radius 1 is 0.649 bits per heavy atom. The van der Waals surface area contributed by atoms with Gasteiger partial charge in [0.25, 0.3) is 0 Å². The zero-order valence-electron chi connectivity index (χ0n) is 47.6. The van der Waals surface area contributed by atoms with Gasteiger partial charge < -0.3 is 35.5 Å². The van der Waals surface area contributed by atoms with E-state index in [1.807, 2.05) is 10.9 Å². The van der Waals surface area contributed by atoms with Gasteiger partial charge in [0.15, 0.2) is 11.3 Å². The largest absolute Gasteiger partial charge is 0.496 e. The Morgan fingerprint density at radius 3 is 1.69 bits per heavy atom. The van der Waals surface area contributed by atoms with E-state index in [9.17, 15) is 4.79 Å². The van der Waals surface area contributed by atoms with E-state index >= 15 is 0 Å². The number of fused-ring (bicyclic) bond motifs is 1. The highest BCUT2D eigenvalue weighted by molar-refractivity contribution is 5.85. The molecule has 0 radical (unpaired) electrons. The van der Waals surface area contributed by atoms with Crippen molar-refractivity contribution >= 4 is 28.9 Å². The van der Waals surface area contributed by atoms with Gasteiger partial charge in [-0.1, -0.05) is 153 Å². The molecule has 1 amide bonds. The van der Waals surface area contributed by atoms with Gasteiger partial charge in [0.05, 0.1) is 32.5 Å². The fourth-order valence-electron chi connectivity index (χ4n) is 9.28. The number of methoxy groups -OCH3 is 2. The maximum atomic E-state index is 13.1. The number of hydrogen-bond donors (Lipinski definition) is 3. The van der Waals surface area contributed by atoms with Crippen molar-refractivity contribution in [3.8, 4) is 11.5 Å². The fraction of sp³-hybridized carbons (Fsp3) is 0.677. The summed E-state index contributed by atoms with van der Waals surface area (Å²) < 4.78 is 19.8. The minimum atomic E-state index is -0.271. The molecule has 12 heteroatoms. The standard InChI is InChI=1S/C62H104N8O4/c1-7-10-13-15-17-19-21-23-25-27-29-31-33-35-37-39-43-54(44-40-38-36-34-32-30-28-26-24-22-20-18-16-14-11-8-2)74-62(71)65-46-41-42-47-69(4)50-53-48-57(72-5)55(58(49-53)73-6)51-70-52-56-59(68-70)60(64-45-12-9-3)67-61(63)66-56/h17-20,23-26,48-49,52,54H,7-16,21-22,27-47,50-51H2,1-6H3,(H,65,71)(H3,63,64,66,67)/b19-17-,20-18-,25-23-,26-24-. The van der Waals surface area contributed by atoms with E-state index < -0.39 is 0 Å². The third kappa shape index (κ3) is 29.3. The number of unbranched alkanes of at least 4 members (excludes halogenated alkanes) is 20. The predicted octanol–water partition coefficient (Wildman–Crippen LogP) is 16.4. The number of amides is 1. The van der Waals surface area contributed by atoms with E-state index in [4.69, 9.17) is 25.0 Å². The molecule has 0 aliphatic rings. The Hall–Kier alpha value is -4.84. The highest BCUT2D eigenvalue weighted by Crippen LogP contribution is 2.33. The van der Waals surface area contributed by atoms with E-state index in [1.54, 1.807) is 14.2 Å². The molecule has 2 aromatic heterocycles. The van der Waals surface area contributed by atoms with Crippen LogP contribution in [-0.4, -0.2) is 77.7 Å². The number of carbonyl (C=O) groups is 1. The molecule has 0 aliphatic heterocycles. The Bertz CT molecular complexity index is 1940. The maximum absolute atomic E-state index is 13.1. The number of carbonyl (C=O) groups excluding carboxylic acids is 1. The van der Waals surface area contributed by atoms with Gasteiger partial charge in [-0.05, 0) is 140 Å². The quantitative estimate of drug-likeness (QED) is 0.0370. The molecule has 4 N–H and O–H groups in total. The van der Waals surface area contributed by atoms with Gasteiger partial charge in [-0.15, -0.1) is 0 Å². The van der Waals surface area contributed by atoms with Crippen LogP contribution < -0.4 is 25.8 Å². The molecular weight excluding hydrogens is 921 g/mol. The molecule has 0 saturated heterocycles. The zero-order valence-corrected chi connectivity index (χ0v) is 47.6. The van der Waals surface area contributed by atoms with Gasteiger partial charge in [0, 0.05) is 19.6 Å². The molecule has 1 aromatic carbocycles. The zero-order chi connectivity index (χ0) is 53.1. The Balaban J connectivity index is 1.40. The van der Waals surface area contributed by atoms with Gasteiger partial charge in [-0.2, -0.15) is 10.1 Å². The van der Waals surface area contributed by atoms with E-state index in [1.165, 1.54) is 128 Å². The summed E-state index contributed by atoms with van der Waals surface area (Å²) in [6.07, 6.45) is 55.7. The summed E-state index contributed by atoms with van der Waals surface area (Å²) in [4.78, 5) is 24.2. The van der Waals surface area contributed by atoms with E-state index in [0.29, 0.717) is 29.9 Å². The molecule has 0 spiro atoms. The van der Waals surface area contributed by atoms with Crippen LogP contribution in [0.25, 0.3) is 11.0 Å². The maximum Gasteiger partial charge on any atom is 0.407 e. The number of benzene rings is 1. The molecule has 2 heterocycles. The number of aromatic nitrogens is 4. The van der Waals surface area contributed by atoms with Crippen molar-refractivity contribution < 1.29 is 19.0 Å². The molecule has 0 fully saturated rings. The van der Waals surface area contributed by atoms with Crippen LogP contribution in [0.4, 0.5) is 16.6 Å². The number of alkyl carbamates (subject to hydrolysis) is 1. The van der Waals surface area contributed by atoms with Gasteiger partial charge in [-0.3, -0.25) is 4.68 Å². The van der Waals surface area contributed by atoms with Gasteiger partial charge >= 0.3 is 6.09 Å². The first-order valence-electron chi connectivity index (χ1n) is 29.5. The molecule has 12 nitrogen and oxygen atoms in total. The summed E-state index contributed by atoms with van der Waals surface area (Å²) in [6, 6.07) is 4.15. The first-order chi connectivity index (χ1) is 36.3. The van der Waals surface area contributed by atoms with E-state index in [-0.39, 0.29) is 18.1 Å². The lowest BCUT2D eigenvalue weighted by molar-refractivity contribution is 0.0840. The van der Waals surface area contributed by atoms with Crippen molar-refractivity contribution in [1.82, 2.24) is 30.0 Å². The number of hydrogen-bond acceptors (Lipinski definition) is 10. The first kappa shape index (κ1) is 63.5. The third-order valence-electron chi connectivity index (χ3n) is 13.7. The summed E-state index contributed by atoms with van der Waals surface area (Å²) in [5, 5.41) is 11.3. The predicted molar refractivity (Wildman–Crippen MR) is 314 cm³/mol. The van der Waals surface area contributed by atoms with Crippen LogP contribution in [0.1, 0.15) is 225 Å². The average molecular weight is 1030 g/mol. The van der Waals surface area contributed by atoms with Crippen LogP contribution in [0.15, 0.2) is 66.9 Å². The average Bonchev–Trinajstić information content (AvgIpc) is 3.80. The molecule has 0 unspecified atom stereocenters. The molecule has 3 aromatic rings. The number of nitrogen functional groups attached to an aromatic ring is 1. The van der Waals surface area contributed by atoms with Crippen LogP contribution in [0.5, 0.6) is 11.5 Å². The van der Waals surface area contributed by atoms with Crippen molar-refractivity contribution in [2.75, 3.05) is 52.0 Å². The van der Waals surface area contributed by atoms with Crippen molar-refractivity contribution in [3.63, 3.8) is 0 Å². The van der Waals surface area contributed by atoms with Crippen molar-refractivity contribution in [2.24, 2.45) is 0 Å². The summed E-state index contributed by atoms with van der Waals surface area (Å²) >= 11 is 0. The number of nitrogens with zero attached hydrogens (tertiary/aromatic N) is 5. The lowest BCUT2D eigenvalue weighted by Crippen LogP contribution is -2.30. The second-order valence-corrected chi connectivity index (χ2v) is 20.4. The van der Waals surface area contributed by atoms with Crippen molar-refractivity contribution in [1.29, 1.82) is 0 Å². The van der Waals surface area contributed by atoms with Crippen LogP contribution in [0.2, 0.25) is 0 Å². The van der Waals surface area contributed by atoms with Crippen molar-refractivity contribution in [3.05, 3.63) is 78.1 Å². The number of rotatable bonds is 46. The monoisotopic (exact) mass is 1020 g/mol. The number of nitrogens with two attached hydrogens (primary N) is 1. The van der Waals surface area contributed by atoms with Gasteiger partial charge in [0.1, 0.15) is 23.1 Å². The third-order valence-corrected chi connectivity index (χ3v) is 13.7. The number of anilines is 2. The molecule has 416 valence electrons. The smallest absolute Gasteiger partial charge is 0.407 e. The molecular formula is C62H104N8O4. The number of ether oxygens (including phenoxy) is 3. The summed E-state index contributed by atoms with van der Waals surface area (Å²) in [5.41, 5.74) is 9.37. The second kappa shape index (κ2) is 42.4. The molecule has 74 heavy (non-hydrogen) atoms. The Labute approximate surface area is 450 Å². The molecule has 0 atom stereocenters. The normalized spacial score (nSPS) is 12.1. The lowest BCUT2D eigenvalue weighted by Gasteiger charge is -2.20. The lowest BCUT2D eigenvalue weighted by atomic mass is 10.0. The minimum absolute atomic E-state index is 0.0171. The first-order valence-corrected chi connectivity index (χ1v) is 29.5.